The molecule has 0 spiro atoms. The van der Waals surface area contributed by atoms with Crippen LogP contribution in [0.4, 0.5) is 0 Å². The highest BCUT2D eigenvalue weighted by molar-refractivity contribution is 5.64. The third-order valence-corrected chi connectivity index (χ3v) is 2.03. The molecule has 4 heteroatoms. The highest BCUT2D eigenvalue weighted by atomic mass is 16.5. The van der Waals surface area contributed by atoms with Crippen molar-refractivity contribution in [2.75, 3.05) is 14.2 Å². The third-order valence-electron chi connectivity index (χ3n) is 2.03. The third kappa shape index (κ3) is 1.79. The molecule has 0 bridgehead atoms. The molecule has 0 aliphatic carbocycles. The normalized spacial score (nSPS) is 10.0. The van der Waals surface area contributed by atoms with Gasteiger partial charge in [-0.05, 0) is 18.2 Å². The summed E-state index contributed by atoms with van der Waals surface area (Å²) >= 11 is 0. The molecule has 0 saturated carbocycles. The van der Waals surface area contributed by atoms with Crippen molar-refractivity contribution < 1.29 is 13.9 Å². The molecule has 0 N–H and O–H groups in total. The maximum absolute atomic E-state index is 5.20. The Bertz CT molecular complexity index is 437. The van der Waals surface area contributed by atoms with Crippen LogP contribution in [0, 0.1) is 6.20 Å². The Labute approximate surface area is 87.5 Å². The van der Waals surface area contributed by atoms with Crippen molar-refractivity contribution in [2.24, 2.45) is 0 Å². The zero-order valence-corrected chi connectivity index (χ0v) is 8.48. The van der Waals surface area contributed by atoms with Crippen molar-refractivity contribution in [2.45, 2.75) is 0 Å². The van der Waals surface area contributed by atoms with Gasteiger partial charge in [0, 0.05) is 0 Å². The average molecular weight is 204 g/mol. The van der Waals surface area contributed by atoms with Crippen molar-refractivity contribution in [1.82, 2.24) is 4.98 Å². The summed E-state index contributed by atoms with van der Waals surface area (Å²) < 4.78 is 15.5. The first-order chi connectivity index (χ1) is 7.35. The minimum Gasteiger partial charge on any atom is -0.497 e. The lowest BCUT2D eigenvalue weighted by Crippen LogP contribution is -1.90. The maximum Gasteiger partial charge on any atom is 0.230 e. The molecule has 0 atom stereocenters. The molecule has 0 amide bonds. The van der Waals surface area contributed by atoms with Crippen LogP contribution in [0.3, 0.4) is 0 Å². The Morgan fingerprint density at radius 1 is 1.27 bits per heavy atom. The van der Waals surface area contributed by atoms with E-state index in [1.165, 1.54) is 6.26 Å². The molecule has 1 aromatic carbocycles. The lowest BCUT2D eigenvalue weighted by Gasteiger charge is -2.07. The smallest absolute Gasteiger partial charge is 0.230 e. The lowest BCUT2D eigenvalue weighted by molar-refractivity contribution is 0.403. The largest absolute Gasteiger partial charge is 0.497 e. The van der Waals surface area contributed by atoms with E-state index in [0.717, 1.165) is 11.3 Å². The summed E-state index contributed by atoms with van der Waals surface area (Å²) in [5.41, 5.74) is 0.748. The molecule has 1 radical (unpaired) electrons. The number of benzene rings is 1. The molecule has 1 aromatic heterocycles. The minimum absolute atomic E-state index is 0.464. The summed E-state index contributed by atoms with van der Waals surface area (Å²) in [4.78, 5) is 3.94. The second-order valence-corrected chi connectivity index (χ2v) is 2.85. The average Bonchev–Trinajstić information content (AvgIpc) is 2.81. The zero-order chi connectivity index (χ0) is 10.7. The van der Waals surface area contributed by atoms with Crippen molar-refractivity contribution in [3.05, 3.63) is 30.7 Å². The Morgan fingerprint density at radius 3 is 2.73 bits per heavy atom. The van der Waals surface area contributed by atoms with Crippen LogP contribution in [0.25, 0.3) is 11.5 Å². The number of hydrogen-bond donors (Lipinski definition) is 0. The fourth-order valence-electron chi connectivity index (χ4n) is 1.30. The minimum atomic E-state index is 0.464. The molecule has 15 heavy (non-hydrogen) atoms. The predicted molar refractivity (Wildman–Crippen MR) is 53.9 cm³/mol. The standard InChI is InChI=1S/C11H10NO3/c1-13-8-3-4-10(14-2)9(7-8)11-12-5-6-15-11/h3-4,6-7H,1-2H3. The van der Waals surface area contributed by atoms with Crippen molar-refractivity contribution in [3.63, 3.8) is 0 Å². The van der Waals surface area contributed by atoms with Gasteiger partial charge in [-0.25, -0.2) is 4.98 Å². The van der Waals surface area contributed by atoms with Crippen molar-refractivity contribution in [3.8, 4) is 23.0 Å². The van der Waals surface area contributed by atoms with Crippen LogP contribution in [0.5, 0.6) is 11.5 Å². The van der Waals surface area contributed by atoms with Gasteiger partial charge in [-0.1, -0.05) is 0 Å². The van der Waals surface area contributed by atoms with Gasteiger partial charge in [0.1, 0.15) is 24.0 Å². The van der Waals surface area contributed by atoms with Crippen molar-refractivity contribution >= 4 is 0 Å². The number of hydrogen-bond acceptors (Lipinski definition) is 4. The van der Waals surface area contributed by atoms with Crippen molar-refractivity contribution in [1.29, 1.82) is 0 Å². The van der Waals surface area contributed by atoms with Crippen LogP contribution in [0.1, 0.15) is 0 Å². The Kier molecular flexibility index (Phi) is 2.58. The first kappa shape index (κ1) is 9.58. The summed E-state index contributed by atoms with van der Waals surface area (Å²) in [5, 5.41) is 0. The van der Waals surface area contributed by atoms with E-state index in [4.69, 9.17) is 13.9 Å². The van der Waals surface area contributed by atoms with Gasteiger partial charge in [0.2, 0.25) is 5.89 Å². The fraction of sp³-hybridized carbons (Fsp3) is 0.182. The van der Waals surface area contributed by atoms with E-state index in [1.807, 2.05) is 6.07 Å². The number of ether oxygens (including phenoxy) is 2. The van der Waals surface area contributed by atoms with E-state index in [2.05, 4.69) is 11.2 Å². The van der Waals surface area contributed by atoms with Gasteiger partial charge >= 0.3 is 0 Å². The maximum atomic E-state index is 5.20. The lowest BCUT2D eigenvalue weighted by atomic mass is 10.2. The molecular weight excluding hydrogens is 194 g/mol. The SMILES string of the molecule is COc1ccc(OC)c(-c2n[c]co2)c1. The number of methoxy groups -OCH3 is 2. The van der Waals surface area contributed by atoms with Crippen LogP contribution in [0.2, 0.25) is 0 Å². The summed E-state index contributed by atoms with van der Waals surface area (Å²) in [7, 11) is 3.20. The molecule has 0 aliphatic heterocycles. The van der Waals surface area contributed by atoms with Gasteiger partial charge in [-0.15, -0.1) is 0 Å². The molecule has 2 rings (SSSR count). The number of nitrogens with zero attached hydrogens (tertiary/aromatic N) is 1. The van der Waals surface area contributed by atoms with Crippen LogP contribution in [-0.4, -0.2) is 19.2 Å². The summed E-state index contributed by atoms with van der Waals surface area (Å²) in [6.07, 6.45) is 4.00. The van der Waals surface area contributed by atoms with Gasteiger partial charge in [0.15, 0.2) is 0 Å². The van der Waals surface area contributed by atoms with E-state index >= 15 is 0 Å². The summed E-state index contributed by atoms with van der Waals surface area (Å²) in [5.74, 6) is 1.88. The van der Waals surface area contributed by atoms with Crippen LogP contribution >= 0.6 is 0 Å². The van der Waals surface area contributed by atoms with E-state index < -0.39 is 0 Å². The monoisotopic (exact) mass is 204 g/mol. The Morgan fingerprint density at radius 2 is 2.13 bits per heavy atom. The number of rotatable bonds is 3. The van der Waals surface area contributed by atoms with E-state index in [0.29, 0.717) is 11.6 Å². The number of oxazole rings is 1. The summed E-state index contributed by atoms with van der Waals surface area (Å²) in [6, 6.07) is 5.42. The zero-order valence-electron chi connectivity index (χ0n) is 8.48. The van der Waals surface area contributed by atoms with Crippen LogP contribution in [-0.2, 0) is 0 Å². The quantitative estimate of drug-likeness (QED) is 0.768. The second-order valence-electron chi connectivity index (χ2n) is 2.85. The molecule has 0 fully saturated rings. The topological polar surface area (TPSA) is 44.5 Å². The molecule has 0 saturated heterocycles. The first-order valence-corrected chi connectivity index (χ1v) is 4.39. The predicted octanol–water partition coefficient (Wildman–Crippen LogP) is 2.16. The fourth-order valence-corrected chi connectivity index (χ4v) is 1.30. The Hall–Kier alpha value is -1.97. The molecule has 4 nitrogen and oxygen atoms in total. The molecule has 0 aliphatic rings. The number of aromatic nitrogens is 1. The van der Waals surface area contributed by atoms with Gasteiger partial charge in [-0.3, -0.25) is 0 Å². The highest BCUT2D eigenvalue weighted by Gasteiger charge is 2.11. The highest BCUT2D eigenvalue weighted by Crippen LogP contribution is 2.31. The second kappa shape index (κ2) is 4.04. The molecule has 0 unspecified atom stereocenters. The Balaban J connectivity index is 2.52. The molecule has 77 valence electrons. The van der Waals surface area contributed by atoms with Gasteiger partial charge < -0.3 is 13.9 Å². The van der Waals surface area contributed by atoms with E-state index in [-0.39, 0.29) is 0 Å². The van der Waals surface area contributed by atoms with Gasteiger partial charge in [-0.2, -0.15) is 0 Å². The van der Waals surface area contributed by atoms with E-state index in [9.17, 15) is 0 Å². The van der Waals surface area contributed by atoms with Crippen LogP contribution in [0.15, 0.2) is 28.9 Å². The first-order valence-electron chi connectivity index (χ1n) is 4.39. The van der Waals surface area contributed by atoms with Gasteiger partial charge in [0.25, 0.3) is 0 Å². The molecular formula is C11H10NO3. The van der Waals surface area contributed by atoms with Crippen LogP contribution < -0.4 is 9.47 Å². The molecule has 1 heterocycles. The molecule has 2 aromatic rings. The summed E-state index contributed by atoms with van der Waals surface area (Å²) in [6.45, 7) is 0. The van der Waals surface area contributed by atoms with E-state index in [1.54, 1.807) is 26.4 Å². The van der Waals surface area contributed by atoms with Gasteiger partial charge in [0.05, 0.1) is 19.8 Å².